The van der Waals surface area contributed by atoms with Gasteiger partial charge in [0.15, 0.2) is 11.5 Å². The van der Waals surface area contributed by atoms with Crippen LogP contribution in [0.5, 0.6) is 11.5 Å². The number of nitrogens with zero attached hydrogens (tertiary/aromatic N) is 3. The van der Waals surface area contributed by atoms with E-state index in [2.05, 4.69) is 16.8 Å². The summed E-state index contributed by atoms with van der Waals surface area (Å²) in [6, 6.07) is 3.20. The second-order valence-electron chi connectivity index (χ2n) is 7.33. The van der Waals surface area contributed by atoms with Gasteiger partial charge in [-0.1, -0.05) is 0 Å². The van der Waals surface area contributed by atoms with Crippen LogP contribution in [0.2, 0.25) is 0 Å². The lowest BCUT2D eigenvalue weighted by Crippen LogP contribution is -2.43. The summed E-state index contributed by atoms with van der Waals surface area (Å²) in [5.74, 6) is 0.365. The van der Waals surface area contributed by atoms with Crippen LogP contribution in [0.4, 0.5) is 0 Å². The lowest BCUT2D eigenvalue weighted by atomic mass is 10.1. The van der Waals surface area contributed by atoms with Crippen LogP contribution in [-0.4, -0.2) is 63.9 Å². The zero-order chi connectivity index (χ0) is 20.5. The Labute approximate surface area is 167 Å². The number of phenolic OH excluding ortho intramolecular Hbond substituents is 1. The second kappa shape index (κ2) is 7.65. The zero-order valence-electron chi connectivity index (χ0n) is 16.0. The van der Waals surface area contributed by atoms with Gasteiger partial charge in [-0.05, 0) is 43.0 Å². The van der Waals surface area contributed by atoms with Gasteiger partial charge >= 0.3 is 0 Å². The van der Waals surface area contributed by atoms with E-state index in [-0.39, 0.29) is 23.0 Å². The minimum Gasteiger partial charge on any atom is -0.612 e. The number of hydrogen-bond acceptors (Lipinski definition) is 7. The summed E-state index contributed by atoms with van der Waals surface area (Å²) in [5, 5.41) is 43.2. The molecule has 1 aliphatic heterocycles. The molecule has 2 aliphatic rings. The Bertz CT molecular complexity index is 1030. The molecule has 1 saturated heterocycles. The maximum absolute atomic E-state index is 10.8. The highest BCUT2D eigenvalue weighted by Gasteiger charge is 2.21. The predicted octanol–water partition coefficient (Wildman–Crippen LogP) is 2.55. The van der Waals surface area contributed by atoms with E-state index in [9.17, 15) is 20.6 Å². The predicted molar refractivity (Wildman–Crippen MR) is 111 cm³/mol. The normalized spacial score (nSPS) is 18.0. The quantitative estimate of drug-likeness (QED) is 0.606. The number of benzene rings is 1. The van der Waals surface area contributed by atoms with Crippen LogP contribution in [-0.2, 0) is 6.54 Å². The van der Waals surface area contributed by atoms with Crippen LogP contribution < -0.4 is 0 Å². The standard InChI is InChI=1S/C21H22N3O5/c1-22-8-10-23(11-9-22)13-17-18(25)7-6-16-20(26)19(29-21(16)17)12-14-2-4-15(5-3-14)24(27)28/h2-7,12H,8-11,13H2,1H3,(H2-,25,26,27,28)/q-1. The van der Waals surface area contributed by atoms with Gasteiger partial charge in [-0.3, -0.25) is 4.90 Å². The van der Waals surface area contributed by atoms with Crippen LogP contribution in [0, 0.1) is 10.4 Å². The molecule has 0 amide bonds. The van der Waals surface area contributed by atoms with E-state index in [0.29, 0.717) is 28.7 Å². The molecule has 0 radical (unpaired) electrons. The molecule has 0 bridgehead atoms. The van der Waals surface area contributed by atoms with Crippen LogP contribution in [0.1, 0.15) is 11.3 Å². The fraction of sp³-hybridized carbons (Fsp3) is 0.286. The van der Waals surface area contributed by atoms with Gasteiger partial charge < -0.3 is 29.9 Å². The molecule has 2 aromatic rings. The molecule has 2 N–H and O–H groups in total. The highest BCUT2D eigenvalue weighted by Crippen LogP contribution is 2.39. The van der Waals surface area contributed by atoms with Gasteiger partial charge in [0, 0.05) is 44.9 Å². The molecule has 8 heteroatoms. The summed E-state index contributed by atoms with van der Waals surface area (Å²) in [6.45, 7) is 4.22. The van der Waals surface area contributed by atoms with Gasteiger partial charge in [-0.25, -0.2) is 0 Å². The van der Waals surface area contributed by atoms with Gasteiger partial charge in [0.2, 0.25) is 5.71 Å². The molecule has 1 aromatic carbocycles. The van der Waals surface area contributed by atoms with Crippen molar-refractivity contribution in [1.82, 2.24) is 9.80 Å². The fourth-order valence-electron chi connectivity index (χ4n) is 3.54. The Morgan fingerprint density at radius 2 is 1.76 bits per heavy atom. The first-order chi connectivity index (χ1) is 13.9. The fourth-order valence-corrected chi connectivity index (χ4v) is 3.54. The van der Waals surface area contributed by atoms with E-state index in [0.717, 1.165) is 26.2 Å². The van der Waals surface area contributed by atoms with Gasteiger partial charge in [0.1, 0.15) is 11.3 Å². The molecule has 0 atom stereocenters. The average Bonchev–Trinajstić information content (AvgIpc) is 3.02. The van der Waals surface area contributed by atoms with E-state index < -0.39 is 4.90 Å². The summed E-state index contributed by atoms with van der Waals surface area (Å²) in [5.41, 5.74) is 1.76. The van der Waals surface area contributed by atoms with E-state index >= 15 is 0 Å². The monoisotopic (exact) mass is 396 g/mol. The molecule has 152 valence electrons. The second-order valence-corrected chi connectivity index (χ2v) is 7.33. The van der Waals surface area contributed by atoms with Crippen molar-refractivity contribution in [3.8, 4) is 11.5 Å². The van der Waals surface area contributed by atoms with Crippen molar-refractivity contribution in [3.05, 3.63) is 63.7 Å². The third-order valence-corrected chi connectivity index (χ3v) is 5.32. The first-order valence-corrected chi connectivity index (χ1v) is 9.39. The van der Waals surface area contributed by atoms with Gasteiger partial charge in [-0.15, -0.1) is 0 Å². The van der Waals surface area contributed by atoms with Crippen LogP contribution in [0.15, 0.2) is 46.4 Å². The Kier molecular flexibility index (Phi) is 5.04. The smallest absolute Gasteiger partial charge is 0.222 e. The molecule has 1 aromatic heterocycles. The van der Waals surface area contributed by atoms with E-state index in [1.165, 1.54) is 12.2 Å². The van der Waals surface area contributed by atoms with Crippen molar-refractivity contribution in [2.75, 3.05) is 33.2 Å². The Balaban J connectivity index is 1.67. The minimum absolute atomic E-state index is 0.00429. The third-order valence-electron chi connectivity index (χ3n) is 5.32. The molecule has 8 nitrogen and oxygen atoms in total. The SMILES string of the molecule is CN1CCN(Cc2c(O)ccc3c(O)c(C=C4C=CC(=[N+]([O-])[O-])C=C4)oc23)CC1. The van der Waals surface area contributed by atoms with Crippen molar-refractivity contribution >= 4 is 22.8 Å². The summed E-state index contributed by atoms with van der Waals surface area (Å²) in [6.07, 6.45) is 7.60. The van der Waals surface area contributed by atoms with E-state index in [1.54, 1.807) is 30.4 Å². The lowest BCUT2D eigenvalue weighted by molar-refractivity contribution is -0.377. The van der Waals surface area contributed by atoms with Crippen molar-refractivity contribution < 1.29 is 19.5 Å². The largest absolute Gasteiger partial charge is 0.612 e. The van der Waals surface area contributed by atoms with Gasteiger partial charge in [0.05, 0.1) is 10.9 Å². The molecule has 0 saturated carbocycles. The number of fused-ring (bicyclic) bond motifs is 1. The summed E-state index contributed by atoms with van der Waals surface area (Å²) < 4.78 is 5.92. The molecule has 2 heterocycles. The molecular weight excluding hydrogens is 374 g/mol. The molecule has 4 rings (SSSR count). The highest BCUT2D eigenvalue weighted by molar-refractivity contribution is 6.03. The van der Waals surface area contributed by atoms with Gasteiger partial charge in [-0.2, -0.15) is 4.90 Å². The molecule has 1 aliphatic carbocycles. The topological polar surface area (TPSA) is 109 Å². The Morgan fingerprint density at radius 1 is 1.07 bits per heavy atom. The number of furan rings is 1. The Hall–Kier alpha value is -3.23. The molecule has 29 heavy (non-hydrogen) atoms. The number of aromatic hydroxyl groups is 2. The number of likely N-dealkylation sites (N-methyl/N-ethyl adjacent to an activating group) is 1. The maximum Gasteiger partial charge on any atom is 0.222 e. The number of allylic oxidation sites excluding steroid dienone is 5. The van der Waals surface area contributed by atoms with Crippen LogP contribution in [0.25, 0.3) is 17.0 Å². The summed E-state index contributed by atoms with van der Waals surface area (Å²) in [4.78, 5) is 4.04. The van der Waals surface area contributed by atoms with Crippen molar-refractivity contribution in [2.45, 2.75) is 6.54 Å². The van der Waals surface area contributed by atoms with Crippen molar-refractivity contribution in [2.24, 2.45) is 0 Å². The molecule has 0 spiro atoms. The number of phenols is 1. The number of rotatable bonds is 3. The highest BCUT2D eigenvalue weighted by atomic mass is 16.8. The van der Waals surface area contributed by atoms with Crippen LogP contribution >= 0.6 is 0 Å². The molecular formula is C21H22N3O5-. The Morgan fingerprint density at radius 3 is 2.41 bits per heavy atom. The molecule has 0 unspecified atom stereocenters. The first-order valence-electron chi connectivity index (χ1n) is 9.39. The van der Waals surface area contributed by atoms with E-state index in [1.807, 2.05) is 0 Å². The number of piperazine rings is 1. The first kappa shape index (κ1) is 19.1. The third kappa shape index (κ3) is 3.85. The zero-order valence-corrected chi connectivity index (χ0v) is 16.0. The summed E-state index contributed by atoms with van der Waals surface area (Å²) >= 11 is 0. The van der Waals surface area contributed by atoms with Crippen molar-refractivity contribution in [1.29, 1.82) is 0 Å². The van der Waals surface area contributed by atoms with Crippen LogP contribution in [0.3, 0.4) is 0 Å². The number of hydrogen-bond donors (Lipinski definition) is 2. The van der Waals surface area contributed by atoms with E-state index in [4.69, 9.17) is 4.42 Å². The average molecular weight is 396 g/mol. The summed E-state index contributed by atoms with van der Waals surface area (Å²) in [7, 11) is 2.08. The van der Waals surface area contributed by atoms with Crippen molar-refractivity contribution in [3.63, 3.8) is 0 Å². The maximum atomic E-state index is 10.8. The lowest BCUT2D eigenvalue weighted by Gasteiger charge is -2.32. The minimum atomic E-state index is -0.462. The van der Waals surface area contributed by atoms with Gasteiger partial charge in [0.25, 0.3) is 0 Å². The molecule has 1 fully saturated rings.